The summed E-state index contributed by atoms with van der Waals surface area (Å²) in [7, 11) is 0. The van der Waals surface area contributed by atoms with Crippen LogP contribution in [-0.4, -0.2) is 47.7 Å². The van der Waals surface area contributed by atoms with Crippen LogP contribution in [0.25, 0.3) is 11.1 Å². The number of ether oxygens (including phenoxy) is 2. The highest BCUT2D eigenvalue weighted by Gasteiger charge is 2.32. The minimum Gasteiger partial charge on any atom is -0.449 e. The number of rotatable bonds is 7. The van der Waals surface area contributed by atoms with Gasteiger partial charge in [0, 0.05) is 35.6 Å². The van der Waals surface area contributed by atoms with Gasteiger partial charge in [0.2, 0.25) is 23.2 Å². The molecule has 1 aliphatic rings. The van der Waals surface area contributed by atoms with Crippen LogP contribution in [0.2, 0.25) is 0 Å². The van der Waals surface area contributed by atoms with Crippen LogP contribution in [0.4, 0.5) is 14.9 Å². The van der Waals surface area contributed by atoms with Crippen molar-refractivity contribution in [2.75, 3.05) is 24.7 Å². The van der Waals surface area contributed by atoms with Crippen LogP contribution in [0.1, 0.15) is 42.3 Å². The number of furan rings is 1. The Morgan fingerprint density at radius 1 is 1.31 bits per heavy atom. The van der Waals surface area contributed by atoms with Crippen molar-refractivity contribution in [2.24, 2.45) is 0 Å². The summed E-state index contributed by atoms with van der Waals surface area (Å²) >= 11 is 3.38. The molecule has 32 heavy (non-hydrogen) atoms. The summed E-state index contributed by atoms with van der Waals surface area (Å²) in [6.07, 6.45) is 4.51. The number of carbonyl (C=O) groups excluding carboxylic acids is 2. The number of hydrogen-bond donors (Lipinski definition) is 0. The number of anilines is 1. The van der Waals surface area contributed by atoms with E-state index in [2.05, 4.69) is 25.9 Å². The Kier molecular flexibility index (Phi) is 6.80. The molecule has 3 aromatic heterocycles. The van der Waals surface area contributed by atoms with Gasteiger partial charge in [0.1, 0.15) is 5.69 Å². The largest absolute Gasteiger partial charge is 0.449 e. The van der Waals surface area contributed by atoms with E-state index in [0.29, 0.717) is 22.9 Å². The van der Waals surface area contributed by atoms with Crippen molar-refractivity contribution in [1.29, 1.82) is 0 Å². The molecule has 1 atom stereocenters. The zero-order valence-electron chi connectivity index (χ0n) is 17.3. The number of carbonyl (C=O) groups is 2. The highest BCUT2D eigenvalue weighted by atomic mass is 79.9. The van der Waals surface area contributed by atoms with E-state index < -0.39 is 17.8 Å². The second-order valence-electron chi connectivity index (χ2n) is 7.26. The van der Waals surface area contributed by atoms with Crippen LogP contribution in [0.3, 0.4) is 0 Å². The smallest absolute Gasteiger partial charge is 0.414 e. The Morgan fingerprint density at radius 2 is 2.16 bits per heavy atom. The number of amides is 1. The monoisotopic (exact) mass is 505 g/mol. The number of hydrogen-bond acceptors (Lipinski definition) is 7. The van der Waals surface area contributed by atoms with Crippen molar-refractivity contribution in [3.8, 4) is 0 Å². The quantitative estimate of drug-likeness (QED) is 0.333. The Labute approximate surface area is 191 Å². The lowest BCUT2D eigenvalue weighted by Crippen LogP contribution is -2.35. The lowest BCUT2D eigenvalue weighted by molar-refractivity contribution is 0.101. The first-order valence-electron chi connectivity index (χ1n) is 10.3. The van der Waals surface area contributed by atoms with Crippen LogP contribution in [0, 0.1) is 5.95 Å². The molecule has 10 heteroatoms. The average Bonchev–Trinajstić information content (AvgIpc) is 3.42. The van der Waals surface area contributed by atoms with Crippen molar-refractivity contribution in [3.05, 3.63) is 52.3 Å². The molecule has 1 unspecified atom stereocenters. The number of nitrogens with zero attached hydrogens (tertiary/aromatic N) is 3. The normalized spacial score (nSPS) is 15.8. The predicted molar refractivity (Wildman–Crippen MR) is 117 cm³/mol. The van der Waals surface area contributed by atoms with Gasteiger partial charge in [0.05, 0.1) is 18.1 Å². The van der Waals surface area contributed by atoms with Crippen molar-refractivity contribution < 1.29 is 27.9 Å². The molecule has 4 heterocycles. The number of ketones is 1. The van der Waals surface area contributed by atoms with E-state index in [9.17, 15) is 14.0 Å². The molecular formula is C22H21BrFN3O5. The molecule has 1 amide bonds. The van der Waals surface area contributed by atoms with E-state index >= 15 is 0 Å². The Balaban J connectivity index is 1.80. The molecule has 4 rings (SSSR count). The zero-order valence-corrected chi connectivity index (χ0v) is 18.9. The van der Waals surface area contributed by atoms with Gasteiger partial charge < -0.3 is 13.9 Å². The Hall–Kier alpha value is -2.85. The van der Waals surface area contributed by atoms with Gasteiger partial charge in [0.25, 0.3) is 0 Å². The van der Waals surface area contributed by atoms with Crippen LogP contribution in [0.15, 0.2) is 39.5 Å². The molecule has 168 valence electrons. The van der Waals surface area contributed by atoms with Crippen LogP contribution < -0.4 is 4.90 Å². The maximum absolute atomic E-state index is 13.3. The van der Waals surface area contributed by atoms with Crippen molar-refractivity contribution >= 4 is 44.6 Å². The molecule has 3 aromatic rings. The standard InChI is InChI=1S/C22H21BrFN3O5/c1-2-30-22(29)27(8-7-15-4-3-9-31-15)18-16-10-14(23)12-26-21(16)32-20(18)19(28)13-5-6-17(24)25-11-13/h5-6,10-12,15H,2-4,7-9H2,1H3. The van der Waals surface area contributed by atoms with E-state index in [4.69, 9.17) is 13.9 Å². The fraction of sp³-hybridized carbons (Fsp3) is 0.364. The van der Waals surface area contributed by atoms with Gasteiger partial charge in [-0.05, 0) is 60.3 Å². The number of fused-ring (bicyclic) bond motifs is 1. The topological polar surface area (TPSA) is 94.8 Å². The van der Waals surface area contributed by atoms with Crippen LogP contribution >= 0.6 is 15.9 Å². The molecule has 8 nitrogen and oxygen atoms in total. The second kappa shape index (κ2) is 9.74. The maximum atomic E-state index is 13.3. The lowest BCUT2D eigenvalue weighted by Gasteiger charge is -2.23. The number of pyridine rings is 2. The number of aromatic nitrogens is 2. The summed E-state index contributed by atoms with van der Waals surface area (Å²) in [4.78, 5) is 35.4. The fourth-order valence-electron chi connectivity index (χ4n) is 3.65. The minimum atomic E-state index is -0.707. The van der Waals surface area contributed by atoms with Crippen LogP contribution in [-0.2, 0) is 9.47 Å². The van der Waals surface area contributed by atoms with Gasteiger partial charge in [-0.1, -0.05) is 0 Å². The van der Waals surface area contributed by atoms with E-state index in [1.54, 1.807) is 13.0 Å². The van der Waals surface area contributed by atoms with Crippen molar-refractivity contribution in [2.45, 2.75) is 32.3 Å². The third-order valence-electron chi connectivity index (χ3n) is 5.14. The van der Waals surface area contributed by atoms with Gasteiger partial charge in [-0.3, -0.25) is 9.69 Å². The Bertz CT molecular complexity index is 1130. The third kappa shape index (κ3) is 4.66. The summed E-state index contributed by atoms with van der Waals surface area (Å²) in [5.41, 5.74) is 0.557. The van der Waals surface area contributed by atoms with Crippen molar-refractivity contribution in [3.63, 3.8) is 0 Å². The van der Waals surface area contributed by atoms with Gasteiger partial charge in [-0.25, -0.2) is 14.8 Å². The van der Waals surface area contributed by atoms with Crippen molar-refractivity contribution in [1.82, 2.24) is 9.97 Å². The molecule has 1 saturated heterocycles. The maximum Gasteiger partial charge on any atom is 0.414 e. The molecule has 0 saturated carbocycles. The van der Waals surface area contributed by atoms with Gasteiger partial charge in [-0.2, -0.15) is 4.39 Å². The second-order valence-corrected chi connectivity index (χ2v) is 8.17. The average molecular weight is 506 g/mol. The molecular weight excluding hydrogens is 485 g/mol. The van der Waals surface area contributed by atoms with E-state index in [1.165, 1.54) is 17.2 Å². The minimum absolute atomic E-state index is 0.0235. The first kappa shape index (κ1) is 22.3. The summed E-state index contributed by atoms with van der Waals surface area (Å²) in [6.45, 7) is 2.82. The molecule has 1 aliphatic heterocycles. The van der Waals surface area contributed by atoms with Gasteiger partial charge in [0.15, 0.2) is 0 Å². The first-order valence-corrected chi connectivity index (χ1v) is 11.1. The summed E-state index contributed by atoms with van der Waals surface area (Å²) < 4.78 is 30.7. The fourth-order valence-corrected chi connectivity index (χ4v) is 3.98. The Morgan fingerprint density at radius 3 is 2.84 bits per heavy atom. The first-order chi connectivity index (χ1) is 15.5. The summed E-state index contributed by atoms with van der Waals surface area (Å²) in [5, 5.41) is 0.471. The highest BCUT2D eigenvalue weighted by molar-refractivity contribution is 9.10. The third-order valence-corrected chi connectivity index (χ3v) is 5.57. The highest BCUT2D eigenvalue weighted by Crippen LogP contribution is 2.37. The number of halogens is 2. The molecule has 0 bridgehead atoms. The van der Waals surface area contributed by atoms with E-state index in [0.717, 1.165) is 25.1 Å². The molecule has 0 aliphatic carbocycles. The molecule has 0 N–H and O–H groups in total. The summed E-state index contributed by atoms with van der Waals surface area (Å²) in [6, 6.07) is 4.12. The SMILES string of the molecule is CCOC(=O)N(CCC1CCCO1)c1c(C(=O)c2ccc(F)nc2)oc2ncc(Br)cc12. The van der Waals surface area contributed by atoms with Gasteiger partial charge in [-0.15, -0.1) is 0 Å². The van der Waals surface area contributed by atoms with Crippen LogP contribution in [0.5, 0.6) is 0 Å². The zero-order chi connectivity index (χ0) is 22.7. The van der Waals surface area contributed by atoms with E-state index in [-0.39, 0.29) is 42.0 Å². The molecule has 1 fully saturated rings. The predicted octanol–water partition coefficient (Wildman–Crippen LogP) is 4.89. The molecule has 0 aromatic carbocycles. The van der Waals surface area contributed by atoms with Gasteiger partial charge >= 0.3 is 6.09 Å². The molecule has 0 radical (unpaired) electrons. The summed E-state index contributed by atoms with van der Waals surface area (Å²) in [5.74, 6) is -1.35. The lowest BCUT2D eigenvalue weighted by atomic mass is 10.1. The van der Waals surface area contributed by atoms with E-state index in [1.807, 2.05) is 0 Å². The molecule has 0 spiro atoms.